The van der Waals surface area contributed by atoms with Crippen molar-refractivity contribution in [2.24, 2.45) is 0 Å². The van der Waals surface area contributed by atoms with E-state index in [1.165, 1.54) is 11.3 Å². The minimum absolute atomic E-state index is 0.0385. The molecule has 14 heteroatoms. The lowest BCUT2D eigenvalue weighted by atomic mass is 9.83. The summed E-state index contributed by atoms with van der Waals surface area (Å²) >= 11 is 0. The number of ether oxygens (including phenoxy) is 1. The number of amides is 4. The highest BCUT2D eigenvalue weighted by Gasteiger charge is 2.59. The van der Waals surface area contributed by atoms with Gasteiger partial charge in [-0.25, -0.2) is 19.2 Å². The average molecular weight is 720 g/mol. The first-order chi connectivity index (χ1) is 24.9. The van der Waals surface area contributed by atoms with Crippen LogP contribution in [0.1, 0.15) is 67.2 Å². The van der Waals surface area contributed by atoms with Gasteiger partial charge < -0.3 is 40.1 Å². The molecular formula is C38H49N5O9+. The lowest BCUT2D eigenvalue weighted by molar-refractivity contribution is -0.156. The number of carbonyl (C=O) groups is 5. The molecule has 2 aromatic rings. The van der Waals surface area contributed by atoms with Crippen molar-refractivity contribution in [3.8, 4) is 5.75 Å². The van der Waals surface area contributed by atoms with E-state index in [4.69, 9.17) is 9.84 Å². The Morgan fingerprint density at radius 3 is 2.25 bits per heavy atom. The van der Waals surface area contributed by atoms with Gasteiger partial charge in [-0.3, -0.25) is 4.79 Å². The number of carboxylic acid groups (broad SMARTS) is 2. The van der Waals surface area contributed by atoms with Crippen molar-refractivity contribution >= 4 is 35.7 Å². The second-order valence-corrected chi connectivity index (χ2v) is 14.6. The van der Waals surface area contributed by atoms with Crippen molar-refractivity contribution in [3.05, 3.63) is 58.7 Å². The largest absolute Gasteiger partial charge is 0.507 e. The summed E-state index contributed by atoms with van der Waals surface area (Å²) in [6.45, 7) is 6.10. The number of hydrogen-bond acceptors (Lipinski definition) is 8. The van der Waals surface area contributed by atoms with Gasteiger partial charge in [-0.1, -0.05) is 30.3 Å². The Morgan fingerprint density at radius 2 is 1.65 bits per heavy atom. The monoisotopic (exact) mass is 719 g/mol. The van der Waals surface area contributed by atoms with Crippen molar-refractivity contribution < 1.29 is 44.0 Å². The number of aryl methyl sites for hydroxylation is 2. The fourth-order valence-electron chi connectivity index (χ4n) is 8.11. The summed E-state index contributed by atoms with van der Waals surface area (Å²) in [5.74, 6) is -2.09. The molecule has 0 spiro atoms. The van der Waals surface area contributed by atoms with Crippen LogP contribution in [0.3, 0.4) is 0 Å². The molecule has 5 aliphatic rings. The number of carbonyl (C=O) groups excluding carboxylic acids is 3. The second-order valence-electron chi connectivity index (χ2n) is 14.6. The van der Waals surface area contributed by atoms with Gasteiger partial charge in [0.1, 0.15) is 24.4 Å². The maximum atomic E-state index is 13.8. The molecule has 0 aliphatic carbocycles. The Hall–Kier alpha value is -4.85. The van der Waals surface area contributed by atoms with Gasteiger partial charge in [0.25, 0.3) is 5.91 Å². The molecule has 5 aliphatic heterocycles. The van der Waals surface area contributed by atoms with Crippen molar-refractivity contribution in [1.82, 2.24) is 19.6 Å². The van der Waals surface area contributed by atoms with Crippen LogP contribution in [0.4, 0.5) is 15.3 Å². The van der Waals surface area contributed by atoms with Gasteiger partial charge in [-0.15, -0.1) is 0 Å². The van der Waals surface area contributed by atoms with Crippen LogP contribution in [0.5, 0.6) is 5.75 Å². The number of nitrogens with one attached hydrogen (secondary N) is 1. The number of fused-ring (bicyclic) bond motifs is 2. The molecule has 4 atom stereocenters. The van der Waals surface area contributed by atoms with E-state index >= 15 is 0 Å². The van der Waals surface area contributed by atoms with Gasteiger partial charge in [0, 0.05) is 44.3 Å². The molecule has 0 saturated carbocycles. The number of phenolic OH excluding ortho intramolecular Hbond substituents is 1. The smallest absolute Gasteiger partial charge is 0.410 e. The number of aliphatic carboxylic acids is 2. The first-order valence-electron chi connectivity index (χ1n) is 18.3. The minimum atomic E-state index is -1.22. The molecule has 2 aromatic carbocycles. The van der Waals surface area contributed by atoms with E-state index in [-0.39, 0.29) is 36.8 Å². The number of aromatic hydroxyl groups is 1. The number of nitrogens with zero attached hydrogens (tertiary/aromatic N) is 4. The van der Waals surface area contributed by atoms with Gasteiger partial charge in [-0.2, -0.15) is 4.90 Å². The average Bonchev–Trinajstić information content (AvgIpc) is 3.29. The van der Waals surface area contributed by atoms with E-state index in [1.807, 2.05) is 34.1 Å². The van der Waals surface area contributed by atoms with Crippen LogP contribution in [0.2, 0.25) is 0 Å². The number of anilines is 1. The lowest BCUT2D eigenvalue weighted by Gasteiger charge is -2.42. The van der Waals surface area contributed by atoms with Crippen LogP contribution in [-0.2, 0) is 32.0 Å². The molecule has 4 N–H and O–H groups in total. The maximum Gasteiger partial charge on any atom is 0.410 e. The SMILES string of the molecule is Cc1cc(C[C@@H](OC(=O)N2CCC(N3CCc4ccccc4NC3=O)CC2)C(=O)N2CCCCC2C(=O)O)cc(C)c1O.O=C(O)C1CC2CC[N+]21. The third kappa shape index (κ3) is 7.96. The van der Waals surface area contributed by atoms with E-state index < -0.39 is 36.1 Å². The van der Waals surface area contributed by atoms with E-state index in [0.717, 1.165) is 30.6 Å². The summed E-state index contributed by atoms with van der Waals surface area (Å²) in [4.78, 5) is 69.2. The number of rotatable bonds is 7. The van der Waals surface area contributed by atoms with Crippen LogP contribution in [0.25, 0.3) is 0 Å². The van der Waals surface area contributed by atoms with Crippen molar-refractivity contribution in [2.75, 3.05) is 38.0 Å². The van der Waals surface area contributed by atoms with E-state index in [1.54, 1.807) is 30.9 Å². The Labute approximate surface area is 303 Å². The molecule has 279 valence electrons. The van der Waals surface area contributed by atoms with Gasteiger partial charge in [0.05, 0.1) is 12.8 Å². The van der Waals surface area contributed by atoms with Crippen LogP contribution in [-0.4, -0.2) is 123 Å². The summed E-state index contributed by atoms with van der Waals surface area (Å²) in [6, 6.07) is 10.6. The maximum absolute atomic E-state index is 13.8. The van der Waals surface area contributed by atoms with Crippen LogP contribution in [0, 0.1) is 13.8 Å². The van der Waals surface area contributed by atoms with Crippen LogP contribution < -0.4 is 10.2 Å². The number of urea groups is 1. The Balaban J connectivity index is 0.000000444. The van der Waals surface area contributed by atoms with Gasteiger partial charge >= 0.3 is 24.1 Å². The normalized spacial score (nSPS) is 23.6. The highest BCUT2D eigenvalue weighted by molar-refractivity contribution is 5.91. The molecule has 4 amide bonds. The molecule has 3 unspecified atom stereocenters. The summed E-state index contributed by atoms with van der Waals surface area (Å²) in [5, 5.41) is 31.5. The van der Waals surface area contributed by atoms with Crippen molar-refractivity contribution in [2.45, 2.75) is 102 Å². The molecule has 7 rings (SSSR count). The Kier molecular flexibility index (Phi) is 11.2. The predicted octanol–water partition coefficient (Wildman–Crippen LogP) is 3.83. The fraction of sp³-hybridized carbons (Fsp3) is 0.553. The molecular weight excluding hydrogens is 670 g/mol. The topological polar surface area (TPSA) is 183 Å². The second kappa shape index (κ2) is 15.8. The highest BCUT2D eigenvalue weighted by atomic mass is 16.6. The number of phenols is 1. The van der Waals surface area contributed by atoms with E-state index in [9.17, 15) is 34.2 Å². The van der Waals surface area contributed by atoms with Gasteiger partial charge in [-0.05, 0) is 80.7 Å². The summed E-state index contributed by atoms with van der Waals surface area (Å²) in [7, 11) is 0. The quantitative estimate of drug-likeness (QED) is 0.309. The number of hydrogen-bond donors (Lipinski definition) is 4. The fourth-order valence-corrected chi connectivity index (χ4v) is 8.11. The number of piperidine rings is 3. The summed E-state index contributed by atoms with van der Waals surface area (Å²) < 4.78 is 5.86. The molecule has 0 aromatic heterocycles. The van der Waals surface area contributed by atoms with E-state index in [2.05, 4.69) is 5.32 Å². The van der Waals surface area contributed by atoms with Crippen LogP contribution >= 0.6 is 0 Å². The third-order valence-electron chi connectivity index (χ3n) is 11.2. The lowest BCUT2D eigenvalue weighted by Crippen LogP contribution is -2.71. The van der Waals surface area contributed by atoms with Crippen molar-refractivity contribution in [1.29, 1.82) is 0 Å². The zero-order valence-corrected chi connectivity index (χ0v) is 29.8. The summed E-state index contributed by atoms with van der Waals surface area (Å²) in [5.41, 5.74) is 3.89. The Bertz CT molecular complexity index is 1670. The standard InChI is InChI=1S/C32H40N4O7.C6H9NO2/c1-20-17-22(18-21(2)28(20)37)19-27(29(38)36-13-6-5-9-26(36)30(39)40)43-32(42)34-14-11-24(12-15-34)35-16-10-23-7-3-4-8-25(23)33-31(35)41;8-6(9)5-3-4-1-2-7(4)5/h3-4,7-8,17-18,24,26-27,37H,5-6,9-16,19H2,1-2H3,(H,33,41)(H,39,40);4-5H,1-3H2,(H,8,9)/q;+1/t26?,27-;/m1./s1. The zero-order chi connectivity index (χ0) is 37.1. The minimum Gasteiger partial charge on any atom is -0.507 e. The number of likely N-dealkylation sites (tertiary alicyclic amines) is 2. The molecule has 0 bridgehead atoms. The van der Waals surface area contributed by atoms with Crippen molar-refractivity contribution in [3.63, 3.8) is 0 Å². The predicted molar refractivity (Wildman–Crippen MR) is 190 cm³/mol. The highest BCUT2D eigenvalue weighted by Crippen LogP contribution is 2.33. The van der Waals surface area contributed by atoms with Gasteiger partial charge in [0.2, 0.25) is 6.04 Å². The number of carboxylic acids is 2. The van der Waals surface area contributed by atoms with E-state index in [0.29, 0.717) is 74.5 Å². The number of para-hydroxylation sites is 1. The number of benzene rings is 2. The van der Waals surface area contributed by atoms with Crippen LogP contribution in [0.15, 0.2) is 36.4 Å². The summed E-state index contributed by atoms with van der Waals surface area (Å²) in [6.07, 6.45) is 3.91. The first kappa shape index (κ1) is 36.9. The molecule has 52 heavy (non-hydrogen) atoms. The zero-order valence-electron chi connectivity index (χ0n) is 29.8. The molecule has 1 radical (unpaired) electrons. The molecule has 5 heterocycles. The van der Waals surface area contributed by atoms with Gasteiger partial charge in [0.15, 0.2) is 6.10 Å². The first-order valence-corrected chi connectivity index (χ1v) is 18.3. The third-order valence-corrected chi connectivity index (χ3v) is 11.2. The molecule has 4 fully saturated rings. The Morgan fingerprint density at radius 1 is 0.942 bits per heavy atom. The molecule has 14 nitrogen and oxygen atoms in total. The molecule has 4 saturated heterocycles.